The number of carboxylic acid groups (broad SMARTS) is 1. The molecule has 3 unspecified atom stereocenters. The van der Waals surface area contributed by atoms with E-state index >= 15 is 0 Å². The number of hydrogen-bond acceptors (Lipinski definition) is 3. The van der Waals surface area contributed by atoms with Gasteiger partial charge in [-0.25, -0.2) is 0 Å². The molecule has 1 amide bonds. The van der Waals surface area contributed by atoms with Gasteiger partial charge in [-0.05, 0) is 55.0 Å². The zero-order valence-corrected chi connectivity index (χ0v) is 16.4. The minimum absolute atomic E-state index is 0.0599. The van der Waals surface area contributed by atoms with Gasteiger partial charge in [0, 0.05) is 25.0 Å². The minimum Gasteiger partial charge on any atom is -0.480 e. The van der Waals surface area contributed by atoms with E-state index in [2.05, 4.69) is 42.5 Å². The maximum atomic E-state index is 13.1. The number of carbonyl (C=O) groups is 2. The van der Waals surface area contributed by atoms with Crippen LogP contribution in [0.5, 0.6) is 0 Å². The van der Waals surface area contributed by atoms with E-state index in [1.54, 1.807) is 0 Å². The van der Waals surface area contributed by atoms with Crippen LogP contribution in [0.4, 0.5) is 0 Å². The first kappa shape index (κ1) is 18.9. The molecule has 1 heterocycles. The van der Waals surface area contributed by atoms with Crippen molar-refractivity contribution in [2.24, 2.45) is 5.92 Å². The highest BCUT2D eigenvalue weighted by atomic mass is 16.4. The number of rotatable bonds is 5. The molecule has 2 aromatic rings. The maximum Gasteiger partial charge on any atom is 0.317 e. The third kappa shape index (κ3) is 3.90. The van der Waals surface area contributed by atoms with E-state index in [-0.39, 0.29) is 24.4 Å². The Labute approximate surface area is 165 Å². The third-order valence-corrected chi connectivity index (χ3v) is 6.35. The van der Waals surface area contributed by atoms with Gasteiger partial charge in [0.25, 0.3) is 0 Å². The quantitative estimate of drug-likeness (QED) is 0.864. The fraction of sp³-hybridized carbons (Fsp3) is 0.478. The van der Waals surface area contributed by atoms with E-state index in [0.717, 1.165) is 38.8 Å². The summed E-state index contributed by atoms with van der Waals surface area (Å²) in [7, 11) is 1.87. The Kier molecular flexibility index (Phi) is 5.36. The van der Waals surface area contributed by atoms with Crippen LogP contribution in [-0.4, -0.2) is 59.5 Å². The summed E-state index contributed by atoms with van der Waals surface area (Å²) in [5.74, 6) is -0.0958. The monoisotopic (exact) mass is 380 g/mol. The SMILES string of the molecule is CN(CC(=O)O)C1CCCN(C(=O)C2CC2c2cccc3ccccc23)CC1. The largest absolute Gasteiger partial charge is 0.480 e. The normalized spacial score (nSPS) is 24.9. The molecular formula is C23H28N2O3. The second-order valence-corrected chi connectivity index (χ2v) is 8.24. The van der Waals surface area contributed by atoms with E-state index in [1.807, 2.05) is 16.8 Å². The lowest BCUT2D eigenvalue weighted by molar-refractivity contribution is -0.138. The predicted molar refractivity (Wildman–Crippen MR) is 109 cm³/mol. The first-order valence-electron chi connectivity index (χ1n) is 10.2. The Morgan fingerprint density at radius 3 is 2.71 bits per heavy atom. The highest BCUT2D eigenvalue weighted by Crippen LogP contribution is 2.50. The zero-order chi connectivity index (χ0) is 19.7. The number of aliphatic carboxylic acids is 1. The molecule has 3 atom stereocenters. The smallest absolute Gasteiger partial charge is 0.317 e. The van der Waals surface area contributed by atoms with Gasteiger partial charge in [0.15, 0.2) is 0 Å². The molecule has 2 fully saturated rings. The molecule has 1 aliphatic heterocycles. The van der Waals surface area contributed by atoms with Crippen molar-refractivity contribution in [1.29, 1.82) is 0 Å². The van der Waals surface area contributed by atoms with Gasteiger partial charge in [0.05, 0.1) is 6.54 Å². The van der Waals surface area contributed by atoms with Crippen LogP contribution in [0.1, 0.15) is 37.2 Å². The average Bonchev–Trinajstić information content (AvgIpc) is 3.50. The van der Waals surface area contributed by atoms with E-state index in [9.17, 15) is 9.59 Å². The number of carboxylic acids is 1. The van der Waals surface area contributed by atoms with Crippen molar-refractivity contribution >= 4 is 22.6 Å². The summed E-state index contributed by atoms with van der Waals surface area (Å²) in [6.45, 7) is 1.58. The molecular weight excluding hydrogens is 352 g/mol. The van der Waals surface area contributed by atoms with Gasteiger partial charge in [0.1, 0.15) is 0 Å². The Bertz CT molecular complexity index is 876. The van der Waals surface area contributed by atoms with Crippen molar-refractivity contribution in [3.63, 3.8) is 0 Å². The summed E-state index contributed by atoms with van der Waals surface area (Å²) < 4.78 is 0. The first-order valence-corrected chi connectivity index (χ1v) is 10.2. The fourth-order valence-corrected chi connectivity index (χ4v) is 4.70. The van der Waals surface area contributed by atoms with E-state index in [1.165, 1.54) is 16.3 Å². The molecule has 0 spiro atoms. The number of benzene rings is 2. The third-order valence-electron chi connectivity index (χ3n) is 6.35. The van der Waals surface area contributed by atoms with E-state index in [4.69, 9.17) is 5.11 Å². The lowest BCUT2D eigenvalue weighted by atomic mass is 10.00. The maximum absolute atomic E-state index is 13.1. The van der Waals surface area contributed by atoms with Crippen LogP contribution in [0.2, 0.25) is 0 Å². The number of amides is 1. The van der Waals surface area contributed by atoms with Crippen LogP contribution < -0.4 is 0 Å². The zero-order valence-electron chi connectivity index (χ0n) is 16.4. The van der Waals surface area contributed by atoms with Gasteiger partial charge >= 0.3 is 5.97 Å². The van der Waals surface area contributed by atoms with Crippen LogP contribution in [0, 0.1) is 5.92 Å². The predicted octanol–water partition coefficient (Wildman–Crippen LogP) is 3.34. The topological polar surface area (TPSA) is 60.9 Å². The standard InChI is InChI=1S/C23H28N2O3/c1-24(15-22(26)27)17-8-5-12-25(13-11-17)23(28)21-14-20(21)19-10-4-7-16-6-2-3-9-18(16)19/h2-4,6-7,9-10,17,20-21H,5,8,11-15H2,1H3,(H,26,27). The Morgan fingerprint density at radius 2 is 1.89 bits per heavy atom. The molecule has 5 heteroatoms. The number of likely N-dealkylation sites (tertiary alicyclic amines) is 1. The summed E-state index contributed by atoms with van der Waals surface area (Å²) >= 11 is 0. The summed E-state index contributed by atoms with van der Waals surface area (Å²) in [4.78, 5) is 28.0. The highest BCUT2D eigenvalue weighted by molar-refractivity contribution is 5.89. The average molecular weight is 380 g/mol. The van der Waals surface area contributed by atoms with Gasteiger partial charge in [-0.1, -0.05) is 42.5 Å². The molecule has 1 saturated heterocycles. The molecule has 5 nitrogen and oxygen atoms in total. The van der Waals surface area contributed by atoms with Crippen LogP contribution in [0.25, 0.3) is 10.8 Å². The Balaban J connectivity index is 1.40. The number of carbonyl (C=O) groups excluding carboxylic acids is 1. The number of nitrogens with zero attached hydrogens (tertiary/aromatic N) is 2. The number of hydrogen-bond donors (Lipinski definition) is 1. The summed E-state index contributed by atoms with van der Waals surface area (Å²) in [6, 6.07) is 15.0. The van der Waals surface area contributed by atoms with Crippen LogP contribution in [0.15, 0.2) is 42.5 Å². The molecule has 2 aliphatic rings. The van der Waals surface area contributed by atoms with Crippen molar-refractivity contribution in [2.45, 2.75) is 37.6 Å². The van der Waals surface area contributed by atoms with Crippen molar-refractivity contribution in [3.05, 3.63) is 48.0 Å². The Morgan fingerprint density at radius 1 is 1.11 bits per heavy atom. The lowest BCUT2D eigenvalue weighted by Gasteiger charge is -2.25. The molecule has 0 aromatic heterocycles. The molecule has 148 valence electrons. The summed E-state index contributed by atoms with van der Waals surface area (Å²) in [5, 5.41) is 11.5. The minimum atomic E-state index is -0.796. The molecule has 4 rings (SSSR count). The summed E-state index contributed by atoms with van der Waals surface area (Å²) in [5.41, 5.74) is 1.30. The van der Waals surface area contributed by atoms with Crippen LogP contribution >= 0.6 is 0 Å². The number of fused-ring (bicyclic) bond motifs is 1. The molecule has 1 N–H and O–H groups in total. The van der Waals surface area contributed by atoms with Crippen LogP contribution in [-0.2, 0) is 9.59 Å². The second-order valence-electron chi connectivity index (χ2n) is 8.24. The van der Waals surface area contributed by atoms with Gasteiger partial charge in [-0.15, -0.1) is 0 Å². The fourth-order valence-electron chi connectivity index (χ4n) is 4.70. The Hall–Kier alpha value is -2.40. The van der Waals surface area contributed by atoms with Crippen molar-refractivity contribution in [1.82, 2.24) is 9.80 Å². The number of likely N-dealkylation sites (N-methyl/N-ethyl adjacent to an activating group) is 1. The second kappa shape index (κ2) is 7.92. The molecule has 1 saturated carbocycles. The van der Waals surface area contributed by atoms with Gasteiger partial charge in [0.2, 0.25) is 5.91 Å². The van der Waals surface area contributed by atoms with E-state index in [0.29, 0.717) is 5.92 Å². The first-order chi connectivity index (χ1) is 13.5. The lowest BCUT2D eigenvalue weighted by Crippen LogP contribution is -2.37. The van der Waals surface area contributed by atoms with Crippen molar-refractivity contribution in [3.8, 4) is 0 Å². The molecule has 0 radical (unpaired) electrons. The van der Waals surface area contributed by atoms with Gasteiger partial charge in [-0.3, -0.25) is 14.5 Å². The van der Waals surface area contributed by atoms with Gasteiger partial charge < -0.3 is 10.0 Å². The van der Waals surface area contributed by atoms with Crippen molar-refractivity contribution in [2.75, 3.05) is 26.7 Å². The van der Waals surface area contributed by atoms with Gasteiger partial charge in [-0.2, -0.15) is 0 Å². The highest BCUT2D eigenvalue weighted by Gasteiger charge is 2.46. The van der Waals surface area contributed by atoms with E-state index < -0.39 is 5.97 Å². The molecule has 0 bridgehead atoms. The molecule has 2 aromatic carbocycles. The van der Waals surface area contributed by atoms with Crippen LogP contribution in [0.3, 0.4) is 0 Å². The molecule has 1 aliphatic carbocycles. The van der Waals surface area contributed by atoms with Crippen molar-refractivity contribution < 1.29 is 14.7 Å². The molecule has 28 heavy (non-hydrogen) atoms. The summed E-state index contributed by atoms with van der Waals surface area (Å²) in [6.07, 6.45) is 3.67.